The van der Waals surface area contributed by atoms with Crippen LogP contribution in [0.2, 0.25) is 0 Å². The number of carbonyl (C=O) groups excluding carboxylic acids is 2. The molecule has 2 aliphatic carbocycles. The molecule has 17 heteroatoms. The van der Waals surface area contributed by atoms with E-state index in [1.54, 1.807) is 25.1 Å². The van der Waals surface area contributed by atoms with Crippen molar-refractivity contribution in [2.24, 2.45) is 22.9 Å². The van der Waals surface area contributed by atoms with E-state index in [4.69, 9.17) is 33.7 Å². The summed E-state index contributed by atoms with van der Waals surface area (Å²) in [6.07, 6.45) is 6.46. The second-order valence-electron chi connectivity index (χ2n) is 16.5. The van der Waals surface area contributed by atoms with E-state index in [9.17, 15) is 35.0 Å². The highest BCUT2D eigenvalue weighted by molar-refractivity contribution is 6.03. The number of unbranched alkanes of at least 4 members (excludes halogenated alkanes) is 2. The summed E-state index contributed by atoms with van der Waals surface area (Å²) in [6.45, 7) is 11.5. The molecule has 17 nitrogen and oxygen atoms in total. The number of benzene rings is 2. The molecule has 1 fully saturated rings. The number of hydrogen-bond acceptors (Lipinski definition) is 14. The van der Waals surface area contributed by atoms with Crippen molar-refractivity contribution in [3.05, 3.63) is 82.4 Å². The minimum atomic E-state index is -1.64. The third-order valence-electron chi connectivity index (χ3n) is 11.2. The van der Waals surface area contributed by atoms with Crippen molar-refractivity contribution in [2.75, 3.05) is 52.7 Å². The minimum absolute atomic E-state index is 0.00699. The molecule has 0 radical (unpaired) electrons. The van der Waals surface area contributed by atoms with Crippen molar-refractivity contribution in [1.29, 1.82) is 0 Å². The second-order valence-corrected chi connectivity index (χ2v) is 16.5. The summed E-state index contributed by atoms with van der Waals surface area (Å²) in [4.78, 5) is 45.9. The predicted molar refractivity (Wildman–Crippen MR) is 229 cm³/mol. The van der Waals surface area contributed by atoms with Crippen LogP contribution in [0.1, 0.15) is 84.1 Å². The number of carbonyl (C=O) groups is 2. The molecule has 1 aliphatic heterocycles. The predicted octanol–water partition coefficient (Wildman–Crippen LogP) is 6.65. The number of non-ortho nitro benzene ring substituents is 1. The van der Waals surface area contributed by atoms with E-state index in [0.29, 0.717) is 49.4 Å². The average Bonchev–Trinajstić information content (AvgIpc) is 3.23. The van der Waals surface area contributed by atoms with Crippen molar-refractivity contribution in [1.82, 2.24) is 10.2 Å². The normalized spacial score (nSPS) is 23.2. The Balaban J connectivity index is 1.78. The lowest BCUT2D eigenvalue weighted by atomic mass is 9.55. The van der Waals surface area contributed by atoms with E-state index in [-0.39, 0.29) is 75.9 Å². The maximum absolute atomic E-state index is 14.7. The van der Waals surface area contributed by atoms with Crippen molar-refractivity contribution in [3.63, 3.8) is 0 Å². The Morgan fingerprint density at radius 1 is 1.02 bits per heavy atom. The van der Waals surface area contributed by atoms with Crippen LogP contribution in [0, 0.1) is 27.9 Å². The van der Waals surface area contributed by atoms with Crippen LogP contribution in [0.4, 0.5) is 15.3 Å². The molecule has 2 aromatic carbocycles. The first-order valence-electron chi connectivity index (χ1n) is 21.4. The lowest BCUT2D eigenvalue weighted by molar-refractivity contribution is -0.384. The van der Waals surface area contributed by atoms with Gasteiger partial charge in [0.05, 0.1) is 43.0 Å². The molecule has 0 saturated heterocycles. The first-order chi connectivity index (χ1) is 29.8. The van der Waals surface area contributed by atoms with Gasteiger partial charge in [-0.05, 0) is 101 Å². The topological polar surface area (TPSA) is 221 Å². The van der Waals surface area contributed by atoms with Crippen LogP contribution in [-0.2, 0) is 14.3 Å². The molecular formula is C45H62N4O13. The second kappa shape index (κ2) is 22.3. The molecule has 6 atom stereocenters. The zero-order valence-corrected chi connectivity index (χ0v) is 36.2. The molecule has 1 heterocycles. The summed E-state index contributed by atoms with van der Waals surface area (Å²) in [5.41, 5.74) is 1.22. The number of nitrogens with zero attached hydrogens (tertiary/aromatic N) is 3. The number of amides is 2. The number of nitrogens with one attached hydrogen (secondary N) is 1. The lowest BCUT2D eigenvalue weighted by Gasteiger charge is -2.59. The fraction of sp³-hybridized carbons (Fsp3) is 0.578. The van der Waals surface area contributed by atoms with E-state index < -0.39 is 46.4 Å². The summed E-state index contributed by atoms with van der Waals surface area (Å²) in [6, 6.07) is 9.36. The van der Waals surface area contributed by atoms with E-state index in [1.165, 1.54) is 29.2 Å². The van der Waals surface area contributed by atoms with Crippen LogP contribution in [0.5, 0.6) is 17.2 Å². The summed E-state index contributed by atoms with van der Waals surface area (Å²) >= 11 is 0. The van der Waals surface area contributed by atoms with Gasteiger partial charge in [-0.2, -0.15) is 0 Å². The van der Waals surface area contributed by atoms with Gasteiger partial charge < -0.3 is 49.2 Å². The van der Waals surface area contributed by atoms with Crippen LogP contribution in [0.15, 0.2) is 71.9 Å². The molecule has 0 bridgehead atoms. The van der Waals surface area contributed by atoms with Crippen LogP contribution < -0.4 is 19.5 Å². The zero-order valence-electron chi connectivity index (χ0n) is 36.2. The van der Waals surface area contributed by atoms with E-state index in [0.717, 1.165) is 24.0 Å². The molecule has 5 rings (SSSR count). The Hall–Kier alpha value is -5.07. The van der Waals surface area contributed by atoms with Gasteiger partial charge in [0.15, 0.2) is 0 Å². The van der Waals surface area contributed by atoms with Gasteiger partial charge in [-0.15, -0.1) is 6.58 Å². The summed E-state index contributed by atoms with van der Waals surface area (Å²) in [5.74, 6) is -2.05. The fourth-order valence-corrected chi connectivity index (χ4v) is 8.69. The number of allylic oxidation sites excluding steroid dienone is 1. The monoisotopic (exact) mass is 866 g/mol. The quantitative estimate of drug-likeness (QED) is 0.0422. The van der Waals surface area contributed by atoms with Crippen LogP contribution in [0.25, 0.3) is 0 Å². The van der Waals surface area contributed by atoms with Gasteiger partial charge in [0, 0.05) is 56.3 Å². The van der Waals surface area contributed by atoms with Crippen LogP contribution in [-0.4, -0.2) is 113 Å². The van der Waals surface area contributed by atoms with E-state index in [1.807, 2.05) is 26.8 Å². The first-order valence-corrected chi connectivity index (χ1v) is 21.4. The Morgan fingerprint density at radius 2 is 1.73 bits per heavy atom. The van der Waals surface area contributed by atoms with E-state index >= 15 is 0 Å². The lowest BCUT2D eigenvalue weighted by Crippen LogP contribution is -2.70. The van der Waals surface area contributed by atoms with Gasteiger partial charge in [0.25, 0.3) is 5.69 Å². The van der Waals surface area contributed by atoms with Gasteiger partial charge in [-0.25, -0.2) is 9.59 Å². The molecule has 1 saturated carbocycles. The SMILES string of the molecule is C=CCOC12Oc3ccc(OC(=O)NCC)cc3C3C(CCCCO)C(CCCCO)C=C(C(=NOC(C)(C)C)CC1N(CCOCCO)C(=O)Oc1ccc([N+](=O)[O-])cc1)C32. The Morgan fingerprint density at radius 3 is 2.37 bits per heavy atom. The van der Waals surface area contributed by atoms with Crippen molar-refractivity contribution in [2.45, 2.75) is 96.0 Å². The van der Waals surface area contributed by atoms with Gasteiger partial charge >= 0.3 is 12.2 Å². The maximum Gasteiger partial charge on any atom is 0.415 e. The minimum Gasteiger partial charge on any atom is -0.459 e. The highest BCUT2D eigenvalue weighted by Gasteiger charge is 2.65. The molecule has 62 heavy (non-hydrogen) atoms. The Bertz CT molecular complexity index is 1900. The Kier molecular flexibility index (Phi) is 17.3. The standard InChI is InChI=1S/C45H62N4O13/c1-6-24-58-45-39(48(20-25-57-26-23-52)43(54)60-32-16-14-31(15-17-32)49(55)56)29-37(47-62-44(3,4)5)35-27-30(12-8-10-21-50)34(13-9-11-22-51)40(41(35)45)36-28-33(18-19-38(36)61-45)59-42(53)46-7-2/h6,14-19,27-28,30,34,39-41,50-52H,1,7-13,20-26,29H2,2-5H3,(H,46,53). The molecule has 6 unspecified atom stereocenters. The van der Waals surface area contributed by atoms with Crippen molar-refractivity contribution >= 4 is 23.6 Å². The summed E-state index contributed by atoms with van der Waals surface area (Å²) in [5, 5.41) is 48.2. The summed E-state index contributed by atoms with van der Waals surface area (Å²) in [7, 11) is 0. The fourth-order valence-electron chi connectivity index (χ4n) is 8.69. The summed E-state index contributed by atoms with van der Waals surface area (Å²) < 4.78 is 31.6. The maximum atomic E-state index is 14.7. The number of fused-ring (bicyclic) bond motifs is 2. The van der Waals surface area contributed by atoms with Gasteiger partial charge in [0.1, 0.15) is 28.9 Å². The van der Waals surface area contributed by atoms with Crippen molar-refractivity contribution < 1.29 is 58.4 Å². The highest BCUT2D eigenvalue weighted by atomic mass is 16.7. The van der Waals surface area contributed by atoms with Crippen LogP contribution in [0.3, 0.4) is 0 Å². The number of hydrogen-bond donors (Lipinski definition) is 4. The number of aliphatic hydroxyl groups is 3. The largest absolute Gasteiger partial charge is 0.459 e. The van der Waals surface area contributed by atoms with E-state index in [2.05, 4.69) is 18.0 Å². The first kappa shape index (κ1) is 48.0. The smallest absolute Gasteiger partial charge is 0.415 e. The van der Waals surface area contributed by atoms with Gasteiger partial charge in [0.2, 0.25) is 5.79 Å². The number of nitro benzene ring substituents is 1. The number of rotatable bonds is 22. The number of oxime groups is 1. The molecule has 2 aromatic rings. The van der Waals surface area contributed by atoms with Gasteiger partial charge in [-0.1, -0.05) is 30.1 Å². The number of aliphatic hydroxyl groups excluding tert-OH is 3. The van der Waals surface area contributed by atoms with Gasteiger partial charge in [-0.3, -0.25) is 15.0 Å². The highest BCUT2D eigenvalue weighted by Crippen LogP contribution is 2.62. The molecule has 0 aromatic heterocycles. The average molecular weight is 867 g/mol. The molecule has 4 N–H and O–H groups in total. The van der Waals surface area contributed by atoms with Crippen molar-refractivity contribution in [3.8, 4) is 17.2 Å². The number of ether oxygens (including phenoxy) is 5. The molecule has 3 aliphatic rings. The zero-order chi connectivity index (χ0) is 44.9. The molecule has 2 amide bonds. The molecular weight excluding hydrogens is 805 g/mol. The van der Waals surface area contributed by atoms with Crippen LogP contribution >= 0.6 is 0 Å². The Labute approximate surface area is 362 Å². The molecule has 340 valence electrons. The molecule has 0 spiro atoms. The number of nitro groups is 1. The third-order valence-corrected chi connectivity index (χ3v) is 11.2. The third kappa shape index (κ3) is 11.7.